The minimum absolute atomic E-state index is 0.0264. The molecule has 8 heteroatoms. The van der Waals surface area contributed by atoms with E-state index in [9.17, 15) is 14.4 Å². The monoisotopic (exact) mass is 259 g/mol. The zero-order valence-corrected chi connectivity index (χ0v) is 10.2. The molecule has 0 spiro atoms. The van der Waals surface area contributed by atoms with Gasteiger partial charge in [-0.3, -0.25) is 9.59 Å². The molecule has 0 bridgehead atoms. The molecule has 0 aliphatic carbocycles. The Morgan fingerprint density at radius 1 is 1.50 bits per heavy atom. The Morgan fingerprint density at radius 2 is 2.11 bits per heavy atom. The number of aliphatic carboxylic acids is 1. The third-order valence-electron chi connectivity index (χ3n) is 3.02. The molecule has 0 aromatic heterocycles. The van der Waals surface area contributed by atoms with E-state index in [1.807, 2.05) is 0 Å². The van der Waals surface area contributed by atoms with Crippen LogP contribution in [0.15, 0.2) is 0 Å². The quantitative estimate of drug-likeness (QED) is 0.495. The number of nitrogens with two attached hydrogens (primary N) is 1. The van der Waals surface area contributed by atoms with E-state index in [4.69, 9.17) is 15.6 Å². The third kappa shape index (κ3) is 2.89. The molecular formula is C10H17N3O5. The van der Waals surface area contributed by atoms with Crippen LogP contribution in [0.5, 0.6) is 0 Å². The van der Waals surface area contributed by atoms with Crippen molar-refractivity contribution in [3.05, 3.63) is 0 Å². The molecule has 0 radical (unpaired) electrons. The topological polar surface area (TPSA) is 131 Å². The lowest BCUT2D eigenvalue weighted by Gasteiger charge is -2.25. The molecule has 1 fully saturated rings. The van der Waals surface area contributed by atoms with Crippen molar-refractivity contribution in [1.82, 2.24) is 10.6 Å². The number of carboxylic acid groups (broad SMARTS) is 1. The highest BCUT2D eigenvalue weighted by Crippen LogP contribution is 2.28. The average Bonchev–Trinajstić information content (AvgIpc) is 2.61. The summed E-state index contributed by atoms with van der Waals surface area (Å²) in [5.41, 5.74) is 3.82. The summed E-state index contributed by atoms with van der Waals surface area (Å²) in [5.74, 6) is -1.72. The minimum Gasteiger partial charge on any atom is -0.481 e. The summed E-state index contributed by atoms with van der Waals surface area (Å²) >= 11 is 0. The van der Waals surface area contributed by atoms with E-state index in [0.29, 0.717) is 0 Å². The average molecular weight is 259 g/mol. The van der Waals surface area contributed by atoms with Crippen LogP contribution < -0.4 is 16.4 Å². The first kappa shape index (κ1) is 14.2. The summed E-state index contributed by atoms with van der Waals surface area (Å²) in [6, 6.07) is -2.14. The standard InChI is InChI=1S/C10H17N3O5/c1-5(7(11)14)12-9(17)13-6-3-18-4-10(6,2)8(15)16/h5-6H,3-4H2,1-2H3,(H2,11,14)(H,15,16)(H2,12,13,17). The van der Waals surface area contributed by atoms with Gasteiger partial charge < -0.3 is 26.2 Å². The molecule has 0 aromatic carbocycles. The Labute approximate surface area is 104 Å². The third-order valence-corrected chi connectivity index (χ3v) is 3.02. The van der Waals surface area contributed by atoms with E-state index in [2.05, 4.69) is 10.6 Å². The van der Waals surface area contributed by atoms with Crippen LogP contribution in [0.2, 0.25) is 0 Å². The normalized spacial score (nSPS) is 28.4. The largest absolute Gasteiger partial charge is 0.481 e. The van der Waals surface area contributed by atoms with Crippen LogP contribution in [-0.4, -0.2) is 48.3 Å². The van der Waals surface area contributed by atoms with Crippen LogP contribution in [0, 0.1) is 5.41 Å². The maximum absolute atomic E-state index is 11.5. The van der Waals surface area contributed by atoms with Crippen LogP contribution in [0.4, 0.5) is 4.79 Å². The van der Waals surface area contributed by atoms with Crippen LogP contribution in [0.3, 0.4) is 0 Å². The summed E-state index contributed by atoms with van der Waals surface area (Å²) in [7, 11) is 0. The van der Waals surface area contributed by atoms with Crippen molar-refractivity contribution in [2.45, 2.75) is 25.9 Å². The first-order valence-electron chi connectivity index (χ1n) is 5.45. The molecule has 1 aliphatic heterocycles. The first-order chi connectivity index (χ1) is 8.27. The molecule has 1 aliphatic rings. The second-order valence-corrected chi connectivity index (χ2v) is 4.53. The molecule has 0 aromatic rings. The highest BCUT2D eigenvalue weighted by atomic mass is 16.5. The molecule has 1 heterocycles. The van der Waals surface area contributed by atoms with E-state index >= 15 is 0 Å². The maximum atomic E-state index is 11.5. The Hall–Kier alpha value is -1.83. The van der Waals surface area contributed by atoms with E-state index in [0.717, 1.165) is 0 Å². The van der Waals surface area contributed by atoms with Crippen LogP contribution >= 0.6 is 0 Å². The molecule has 1 saturated heterocycles. The molecule has 102 valence electrons. The maximum Gasteiger partial charge on any atom is 0.315 e. The molecule has 5 N–H and O–H groups in total. The first-order valence-corrected chi connectivity index (χ1v) is 5.45. The summed E-state index contributed by atoms with van der Waals surface area (Å²) in [5, 5.41) is 13.9. The second kappa shape index (κ2) is 5.21. The number of amides is 3. The lowest BCUT2D eigenvalue weighted by molar-refractivity contribution is -0.148. The lowest BCUT2D eigenvalue weighted by Crippen LogP contribution is -2.55. The molecule has 3 unspecified atom stereocenters. The minimum atomic E-state index is -1.17. The van der Waals surface area contributed by atoms with Gasteiger partial charge in [-0.15, -0.1) is 0 Å². The van der Waals surface area contributed by atoms with Crippen molar-refractivity contribution < 1.29 is 24.2 Å². The van der Waals surface area contributed by atoms with Gasteiger partial charge in [0.05, 0.1) is 19.3 Å². The van der Waals surface area contributed by atoms with E-state index in [1.165, 1.54) is 13.8 Å². The number of nitrogens with one attached hydrogen (secondary N) is 2. The van der Waals surface area contributed by atoms with Crippen molar-refractivity contribution in [3.8, 4) is 0 Å². The van der Waals surface area contributed by atoms with Gasteiger partial charge in [0.1, 0.15) is 11.5 Å². The van der Waals surface area contributed by atoms with Gasteiger partial charge >= 0.3 is 12.0 Å². The molecule has 1 rings (SSSR count). The predicted octanol–water partition coefficient (Wildman–Crippen LogP) is -1.35. The molecule has 3 atom stereocenters. The number of ether oxygens (including phenoxy) is 1. The number of carbonyl (C=O) groups is 3. The smallest absolute Gasteiger partial charge is 0.315 e. The van der Waals surface area contributed by atoms with E-state index in [1.54, 1.807) is 0 Å². The fraction of sp³-hybridized carbons (Fsp3) is 0.700. The summed E-state index contributed by atoms with van der Waals surface area (Å²) in [6.45, 7) is 3.06. The molecule has 18 heavy (non-hydrogen) atoms. The molecular weight excluding hydrogens is 242 g/mol. The number of urea groups is 1. The Bertz CT molecular complexity index is 373. The van der Waals surface area contributed by atoms with Gasteiger partial charge in [0.15, 0.2) is 0 Å². The summed E-state index contributed by atoms with van der Waals surface area (Å²) in [6.07, 6.45) is 0. The van der Waals surface area contributed by atoms with Gasteiger partial charge in [0.25, 0.3) is 0 Å². The highest BCUT2D eigenvalue weighted by molar-refractivity contribution is 5.86. The number of carbonyl (C=O) groups excluding carboxylic acids is 2. The van der Waals surface area contributed by atoms with E-state index < -0.39 is 35.4 Å². The van der Waals surface area contributed by atoms with Gasteiger partial charge in [0, 0.05) is 0 Å². The Kier molecular flexibility index (Phi) is 4.12. The zero-order valence-electron chi connectivity index (χ0n) is 10.2. The zero-order chi connectivity index (χ0) is 13.9. The van der Waals surface area contributed by atoms with Crippen molar-refractivity contribution in [2.75, 3.05) is 13.2 Å². The number of hydrogen-bond donors (Lipinski definition) is 4. The van der Waals surface area contributed by atoms with Crippen LogP contribution in [0.25, 0.3) is 0 Å². The number of carboxylic acids is 1. The van der Waals surface area contributed by atoms with Gasteiger partial charge in [-0.1, -0.05) is 0 Å². The van der Waals surface area contributed by atoms with Gasteiger partial charge in [-0.2, -0.15) is 0 Å². The molecule has 8 nitrogen and oxygen atoms in total. The predicted molar refractivity (Wildman–Crippen MR) is 60.7 cm³/mol. The fourth-order valence-electron chi connectivity index (χ4n) is 1.55. The van der Waals surface area contributed by atoms with Gasteiger partial charge in [-0.25, -0.2) is 4.79 Å². The van der Waals surface area contributed by atoms with Crippen LogP contribution in [-0.2, 0) is 14.3 Å². The van der Waals surface area contributed by atoms with Crippen LogP contribution in [0.1, 0.15) is 13.8 Å². The number of hydrogen-bond acceptors (Lipinski definition) is 4. The Balaban J connectivity index is 2.59. The van der Waals surface area contributed by atoms with Crippen molar-refractivity contribution in [3.63, 3.8) is 0 Å². The summed E-state index contributed by atoms with van der Waals surface area (Å²) in [4.78, 5) is 33.4. The van der Waals surface area contributed by atoms with Gasteiger partial charge in [0.2, 0.25) is 5.91 Å². The van der Waals surface area contributed by atoms with Crippen molar-refractivity contribution >= 4 is 17.9 Å². The molecule has 3 amide bonds. The molecule has 0 saturated carbocycles. The van der Waals surface area contributed by atoms with Crippen molar-refractivity contribution in [1.29, 1.82) is 0 Å². The highest BCUT2D eigenvalue weighted by Gasteiger charge is 2.47. The SMILES string of the molecule is CC(NC(=O)NC1COCC1(C)C(=O)O)C(N)=O. The van der Waals surface area contributed by atoms with E-state index in [-0.39, 0.29) is 13.2 Å². The second-order valence-electron chi connectivity index (χ2n) is 4.53. The number of primary amides is 1. The number of rotatable bonds is 4. The lowest BCUT2D eigenvalue weighted by atomic mass is 9.85. The summed E-state index contributed by atoms with van der Waals surface area (Å²) < 4.78 is 5.07. The fourth-order valence-corrected chi connectivity index (χ4v) is 1.55. The van der Waals surface area contributed by atoms with Crippen molar-refractivity contribution in [2.24, 2.45) is 11.1 Å². The van der Waals surface area contributed by atoms with Gasteiger partial charge in [-0.05, 0) is 13.8 Å². The Morgan fingerprint density at radius 3 is 2.61 bits per heavy atom.